The van der Waals surface area contributed by atoms with Gasteiger partial charge in [0.1, 0.15) is 11.4 Å². The van der Waals surface area contributed by atoms with Gasteiger partial charge in [-0.3, -0.25) is 19.7 Å². The molecular formula is C16H14N6O2. The Morgan fingerprint density at radius 2 is 2.12 bits per heavy atom. The molecule has 0 aliphatic heterocycles. The lowest BCUT2D eigenvalue weighted by Gasteiger charge is -2.06. The summed E-state index contributed by atoms with van der Waals surface area (Å²) < 4.78 is 0. The number of aromatic nitrogens is 5. The summed E-state index contributed by atoms with van der Waals surface area (Å²) in [6.07, 6.45) is 8.18. The van der Waals surface area contributed by atoms with Gasteiger partial charge < -0.3 is 10.3 Å². The maximum Gasteiger partial charge on any atom is 0.263 e. The molecule has 120 valence electrons. The van der Waals surface area contributed by atoms with Crippen LogP contribution in [0.4, 0.5) is 5.69 Å². The summed E-state index contributed by atoms with van der Waals surface area (Å²) in [6, 6.07) is 3.55. The second-order valence-electron chi connectivity index (χ2n) is 5.67. The minimum absolute atomic E-state index is 0.0219. The van der Waals surface area contributed by atoms with Crippen LogP contribution in [0.1, 0.15) is 34.9 Å². The highest BCUT2D eigenvalue weighted by atomic mass is 16.2. The lowest BCUT2D eigenvalue weighted by Crippen LogP contribution is -2.24. The first kappa shape index (κ1) is 14.3. The molecule has 3 aromatic heterocycles. The van der Waals surface area contributed by atoms with Gasteiger partial charge in [-0.15, -0.1) is 0 Å². The van der Waals surface area contributed by atoms with Crippen molar-refractivity contribution in [2.75, 3.05) is 5.32 Å². The number of H-pyrrole nitrogens is 2. The van der Waals surface area contributed by atoms with E-state index in [9.17, 15) is 9.59 Å². The molecule has 1 amide bonds. The summed E-state index contributed by atoms with van der Waals surface area (Å²) in [6.45, 7) is 0. The molecule has 1 saturated carbocycles. The quantitative estimate of drug-likeness (QED) is 0.676. The van der Waals surface area contributed by atoms with Gasteiger partial charge in [-0.25, -0.2) is 4.98 Å². The highest BCUT2D eigenvalue weighted by Gasteiger charge is 2.26. The van der Waals surface area contributed by atoms with E-state index in [-0.39, 0.29) is 5.56 Å². The van der Waals surface area contributed by atoms with Crippen LogP contribution in [0.3, 0.4) is 0 Å². The van der Waals surface area contributed by atoms with Crippen LogP contribution < -0.4 is 10.9 Å². The highest BCUT2D eigenvalue weighted by Crippen LogP contribution is 2.37. The summed E-state index contributed by atoms with van der Waals surface area (Å²) >= 11 is 0. The van der Waals surface area contributed by atoms with Crippen LogP contribution >= 0.6 is 0 Å². The molecule has 0 saturated heterocycles. The second kappa shape index (κ2) is 5.73. The maximum absolute atomic E-state index is 12.3. The van der Waals surface area contributed by atoms with Gasteiger partial charge in [0.15, 0.2) is 0 Å². The van der Waals surface area contributed by atoms with Crippen LogP contribution in [0.2, 0.25) is 0 Å². The topological polar surface area (TPSA) is 116 Å². The highest BCUT2D eigenvalue weighted by molar-refractivity contribution is 6.03. The average Bonchev–Trinajstić information content (AvgIpc) is 3.29. The number of aromatic amines is 2. The number of pyridine rings is 1. The molecular weight excluding hydrogens is 308 g/mol. The van der Waals surface area contributed by atoms with E-state index < -0.39 is 11.5 Å². The zero-order valence-electron chi connectivity index (χ0n) is 12.6. The van der Waals surface area contributed by atoms with Crippen LogP contribution in [0.25, 0.3) is 11.3 Å². The number of carbonyl (C=O) groups is 1. The Morgan fingerprint density at radius 3 is 2.83 bits per heavy atom. The molecule has 0 radical (unpaired) electrons. The molecule has 3 heterocycles. The monoisotopic (exact) mass is 322 g/mol. The van der Waals surface area contributed by atoms with Crippen molar-refractivity contribution in [2.45, 2.75) is 18.8 Å². The van der Waals surface area contributed by atoms with E-state index in [0.29, 0.717) is 17.4 Å². The fourth-order valence-electron chi connectivity index (χ4n) is 2.41. The molecule has 3 aromatic rings. The molecule has 1 aliphatic carbocycles. The van der Waals surface area contributed by atoms with Crippen molar-refractivity contribution in [2.24, 2.45) is 0 Å². The fraction of sp³-hybridized carbons (Fsp3) is 0.188. The third-order valence-corrected chi connectivity index (χ3v) is 3.84. The van der Waals surface area contributed by atoms with E-state index in [1.54, 1.807) is 24.5 Å². The van der Waals surface area contributed by atoms with E-state index >= 15 is 0 Å². The van der Waals surface area contributed by atoms with Crippen molar-refractivity contribution < 1.29 is 4.79 Å². The Kier molecular flexibility index (Phi) is 3.42. The number of hydrogen-bond acceptors (Lipinski definition) is 5. The van der Waals surface area contributed by atoms with Crippen LogP contribution in [-0.4, -0.2) is 31.1 Å². The van der Waals surface area contributed by atoms with E-state index in [4.69, 9.17) is 0 Å². The molecule has 1 aliphatic rings. The zero-order chi connectivity index (χ0) is 16.5. The number of nitrogens with zero attached hydrogens (tertiary/aromatic N) is 3. The minimum Gasteiger partial charge on any atom is -0.320 e. The third-order valence-electron chi connectivity index (χ3n) is 3.84. The van der Waals surface area contributed by atoms with Crippen LogP contribution in [0, 0.1) is 0 Å². The number of rotatable bonds is 4. The summed E-state index contributed by atoms with van der Waals surface area (Å²) in [5, 5.41) is 9.38. The van der Waals surface area contributed by atoms with Gasteiger partial charge >= 0.3 is 0 Å². The molecule has 0 spiro atoms. The van der Waals surface area contributed by atoms with Gasteiger partial charge in [0.05, 0.1) is 17.6 Å². The van der Waals surface area contributed by atoms with Crippen molar-refractivity contribution >= 4 is 11.6 Å². The predicted molar refractivity (Wildman–Crippen MR) is 86.6 cm³/mol. The maximum atomic E-state index is 12.3. The first-order valence-electron chi connectivity index (χ1n) is 7.56. The van der Waals surface area contributed by atoms with Crippen molar-refractivity contribution in [3.63, 3.8) is 0 Å². The molecule has 1 fully saturated rings. The standard InChI is InChI=1S/C16H14N6O2/c23-15(12-8-18-14(9-1-2-9)21-16(12)24)20-11-5-10(6-17-7-11)13-3-4-19-22-13/h3-9H,1-2H2,(H,19,22)(H,20,23)(H,18,21,24). The molecule has 8 heteroatoms. The molecule has 24 heavy (non-hydrogen) atoms. The van der Waals surface area contributed by atoms with Gasteiger partial charge in [0.25, 0.3) is 11.5 Å². The Hall–Kier alpha value is -3.29. The smallest absolute Gasteiger partial charge is 0.263 e. The van der Waals surface area contributed by atoms with Gasteiger partial charge in [0.2, 0.25) is 0 Å². The van der Waals surface area contributed by atoms with E-state index in [0.717, 1.165) is 24.1 Å². The number of nitrogens with one attached hydrogen (secondary N) is 3. The summed E-state index contributed by atoms with van der Waals surface area (Å²) in [7, 11) is 0. The van der Waals surface area contributed by atoms with Gasteiger partial charge in [-0.05, 0) is 25.0 Å². The first-order chi connectivity index (χ1) is 11.7. The summed E-state index contributed by atoms with van der Waals surface area (Å²) in [5.41, 5.74) is 1.60. The van der Waals surface area contributed by atoms with Crippen molar-refractivity contribution in [1.29, 1.82) is 0 Å². The van der Waals surface area contributed by atoms with Crippen molar-refractivity contribution in [3.05, 3.63) is 58.7 Å². The summed E-state index contributed by atoms with van der Waals surface area (Å²) in [4.78, 5) is 35.3. The molecule has 0 unspecified atom stereocenters. The van der Waals surface area contributed by atoms with Crippen molar-refractivity contribution in [3.8, 4) is 11.3 Å². The lowest BCUT2D eigenvalue weighted by atomic mass is 10.2. The largest absolute Gasteiger partial charge is 0.320 e. The Balaban J connectivity index is 1.56. The number of amides is 1. The lowest BCUT2D eigenvalue weighted by molar-refractivity contribution is 0.102. The third kappa shape index (κ3) is 2.81. The first-order valence-corrected chi connectivity index (χ1v) is 7.56. The summed E-state index contributed by atoms with van der Waals surface area (Å²) in [5.74, 6) is 0.458. The Bertz CT molecular complexity index is 943. The molecule has 4 rings (SSSR count). The number of anilines is 1. The van der Waals surface area contributed by atoms with E-state index in [1.165, 1.54) is 12.4 Å². The van der Waals surface area contributed by atoms with Crippen LogP contribution in [0.15, 0.2) is 41.7 Å². The van der Waals surface area contributed by atoms with Crippen LogP contribution in [0.5, 0.6) is 0 Å². The normalized spacial score (nSPS) is 13.7. The predicted octanol–water partition coefficient (Wildman–Crippen LogP) is 1.68. The Labute approximate surface area is 136 Å². The SMILES string of the molecule is O=C(Nc1cncc(-c2ccn[nH]2)c1)c1cnc(C2CC2)[nH]c1=O. The van der Waals surface area contributed by atoms with E-state index in [2.05, 4.69) is 30.5 Å². The molecule has 0 atom stereocenters. The molecule has 3 N–H and O–H groups in total. The molecule has 0 aromatic carbocycles. The second-order valence-corrected chi connectivity index (χ2v) is 5.67. The van der Waals surface area contributed by atoms with Gasteiger partial charge in [-0.2, -0.15) is 5.10 Å². The fourth-order valence-corrected chi connectivity index (χ4v) is 2.41. The van der Waals surface area contributed by atoms with Crippen molar-refractivity contribution in [1.82, 2.24) is 25.1 Å². The van der Waals surface area contributed by atoms with Gasteiger partial charge in [-0.1, -0.05) is 0 Å². The molecule has 0 bridgehead atoms. The molecule has 8 nitrogen and oxygen atoms in total. The van der Waals surface area contributed by atoms with Gasteiger partial charge in [0, 0.05) is 30.1 Å². The van der Waals surface area contributed by atoms with Crippen LogP contribution in [-0.2, 0) is 0 Å². The average molecular weight is 322 g/mol. The Morgan fingerprint density at radius 1 is 1.25 bits per heavy atom. The number of hydrogen-bond donors (Lipinski definition) is 3. The minimum atomic E-state index is -0.519. The zero-order valence-corrected chi connectivity index (χ0v) is 12.6. The number of carbonyl (C=O) groups excluding carboxylic acids is 1. The van der Waals surface area contributed by atoms with E-state index in [1.807, 2.05) is 0 Å².